The van der Waals surface area contributed by atoms with Gasteiger partial charge in [0.25, 0.3) is 0 Å². The van der Waals surface area contributed by atoms with Gasteiger partial charge in [0.2, 0.25) is 0 Å². The van der Waals surface area contributed by atoms with Crippen LogP contribution in [-0.4, -0.2) is 34.0 Å². The van der Waals surface area contributed by atoms with Crippen LogP contribution in [-0.2, 0) is 17.7 Å². The first kappa shape index (κ1) is 11.2. The predicted octanol–water partition coefficient (Wildman–Crippen LogP) is 1.05. The van der Waals surface area contributed by atoms with Crippen LogP contribution < -0.4 is 5.32 Å². The van der Waals surface area contributed by atoms with Gasteiger partial charge in [0.1, 0.15) is 11.6 Å². The highest BCUT2D eigenvalue weighted by Crippen LogP contribution is 2.26. The highest BCUT2D eigenvalue weighted by atomic mass is 16.5. The molecular weight excluding hydrogens is 216 g/mol. The monoisotopic (exact) mass is 236 g/mol. The van der Waals surface area contributed by atoms with Crippen molar-refractivity contribution in [3.05, 3.63) is 11.6 Å². The lowest BCUT2D eigenvalue weighted by Crippen LogP contribution is -2.46. The Morgan fingerprint density at radius 1 is 1.41 bits per heavy atom. The summed E-state index contributed by atoms with van der Waals surface area (Å²) in [6, 6.07) is 0.862. The molecule has 1 saturated carbocycles. The second kappa shape index (κ2) is 4.38. The van der Waals surface area contributed by atoms with E-state index in [1.807, 2.05) is 0 Å². The van der Waals surface area contributed by atoms with E-state index in [9.17, 15) is 0 Å². The van der Waals surface area contributed by atoms with Gasteiger partial charge in [0, 0.05) is 26.1 Å². The summed E-state index contributed by atoms with van der Waals surface area (Å²) in [4.78, 5) is 0. The predicted molar refractivity (Wildman–Crippen MR) is 63.7 cm³/mol. The average molecular weight is 236 g/mol. The Kier molecular flexibility index (Phi) is 2.88. The van der Waals surface area contributed by atoms with Crippen molar-refractivity contribution in [1.82, 2.24) is 20.1 Å². The molecule has 0 saturated heterocycles. The molecule has 0 spiro atoms. The van der Waals surface area contributed by atoms with Crippen LogP contribution in [0.4, 0.5) is 0 Å². The van der Waals surface area contributed by atoms with Crippen LogP contribution in [0.15, 0.2) is 0 Å². The summed E-state index contributed by atoms with van der Waals surface area (Å²) in [6.45, 7) is 3.25. The third kappa shape index (κ3) is 1.98. The Labute approximate surface area is 102 Å². The molecule has 0 amide bonds. The second-order valence-electron chi connectivity index (χ2n) is 5.14. The number of rotatable bonds is 4. The number of hydrogen-bond acceptors (Lipinski definition) is 4. The van der Waals surface area contributed by atoms with E-state index in [2.05, 4.69) is 27.0 Å². The van der Waals surface area contributed by atoms with Crippen molar-refractivity contribution < 1.29 is 4.74 Å². The summed E-state index contributed by atoms with van der Waals surface area (Å²) in [5.41, 5.74) is 0. The fraction of sp³-hybridized carbons (Fsp3) is 0.833. The highest BCUT2D eigenvalue weighted by molar-refractivity contribution is 5.05. The van der Waals surface area contributed by atoms with E-state index < -0.39 is 0 Å². The topological polar surface area (TPSA) is 52.0 Å². The van der Waals surface area contributed by atoms with E-state index >= 15 is 0 Å². The third-order valence-electron chi connectivity index (χ3n) is 3.94. The van der Waals surface area contributed by atoms with Crippen LogP contribution in [0, 0.1) is 0 Å². The maximum Gasteiger partial charge on any atom is 0.149 e. The molecule has 0 bridgehead atoms. The molecule has 1 aromatic heterocycles. The van der Waals surface area contributed by atoms with Crippen molar-refractivity contribution in [2.45, 2.75) is 57.3 Å². The second-order valence-corrected chi connectivity index (χ2v) is 5.14. The lowest BCUT2D eigenvalue weighted by atomic mass is 9.88. The van der Waals surface area contributed by atoms with Crippen LogP contribution in [0.1, 0.15) is 43.9 Å². The Balaban J connectivity index is 1.61. The molecule has 1 aliphatic heterocycles. The molecular formula is C12H20N4O. The largest absolute Gasteiger partial charge is 0.381 e. The molecule has 1 atom stereocenters. The molecule has 94 valence electrons. The van der Waals surface area contributed by atoms with Gasteiger partial charge in [-0.1, -0.05) is 0 Å². The third-order valence-corrected chi connectivity index (χ3v) is 3.94. The van der Waals surface area contributed by atoms with Crippen molar-refractivity contribution in [3.8, 4) is 0 Å². The van der Waals surface area contributed by atoms with Crippen LogP contribution in [0.3, 0.4) is 0 Å². The van der Waals surface area contributed by atoms with Crippen molar-refractivity contribution in [3.63, 3.8) is 0 Å². The van der Waals surface area contributed by atoms with E-state index in [0.717, 1.165) is 37.5 Å². The number of aromatic nitrogens is 3. The molecule has 1 aromatic rings. The first-order chi connectivity index (χ1) is 8.28. The van der Waals surface area contributed by atoms with Gasteiger partial charge >= 0.3 is 0 Å². The summed E-state index contributed by atoms with van der Waals surface area (Å²) >= 11 is 0. The highest BCUT2D eigenvalue weighted by Gasteiger charge is 2.31. The van der Waals surface area contributed by atoms with Gasteiger partial charge in [-0.05, 0) is 26.2 Å². The summed E-state index contributed by atoms with van der Waals surface area (Å²) in [7, 11) is 1.79. The fourth-order valence-electron chi connectivity index (χ4n) is 2.82. The van der Waals surface area contributed by atoms with Gasteiger partial charge in [-0.25, -0.2) is 0 Å². The van der Waals surface area contributed by atoms with E-state index in [0.29, 0.717) is 12.1 Å². The fourth-order valence-corrected chi connectivity index (χ4v) is 2.82. The summed E-state index contributed by atoms with van der Waals surface area (Å²) in [5.74, 6) is 2.25. The number of hydrogen-bond donors (Lipinski definition) is 1. The molecule has 1 N–H and O–H groups in total. The first-order valence-corrected chi connectivity index (χ1v) is 6.48. The molecule has 0 aromatic carbocycles. The quantitative estimate of drug-likeness (QED) is 0.849. The maximum absolute atomic E-state index is 5.29. The minimum atomic E-state index is 0.289. The lowest BCUT2D eigenvalue weighted by molar-refractivity contribution is 0.0143. The Morgan fingerprint density at radius 2 is 2.24 bits per heavy atom. The Morgan fingerprint density at radius 3 is 3.00 bits per heavy atom. The molecule has 17 heavy (non-hydrogen) atoms. The molecule has 2 heterocycles. The number of ether oxygens (including phenoxy) is 1. The summed E-state index contributed by atoms with van der Waals surface area (Å²) < 4.78 is 7.56. The Bertz CT molecular complexity index is 397. The van der Waals surface area contributed by atoms with Gasteiger partial charge in [-0.15, -0.1) is 10.2 Å². The maximum atomic E-state index is 5.29. The van der Waals surface area contributed by atoms with E-state index in [4.69, 9.17) is 4.74 Å². The minimum Gasteiger partial charge on any atom is -0.381 e. The Hall–Kier alpha value is -0.940. The number of aryl methyl sites for hydroxylation is 1. The van der Waals surface area contributed by atoms with Crippen molar-refractivity contribution >= 4 is 0 Å². The number of methoxy groups -OCH3 is 1. The van der Waals surface area contributed by atoms with Gasteiger partial charge in [0.15, 0.2) is 0 Å². The summed E-state index contributed by atoms with van der Waals surface area (Å²) in [5, 5.41) is 12.2. The first-order valence-electron chi connectivity index (χ1n) is 6.48. The van der Waals surface area contributed by atoms with Crippen LogP contribution in [0.2, 0.25) is 0 Å². The van der Waals surface area contributed by atoms with Gasteiger partial charge < -0.3 is 14.6 Å². The van der Waals surface area contributed by atoms with Crippen LogP contribution in [0.25, 0.3) is 0 Å². The molecule has 3 rings (SSSR count). The molecule has 1 aliphatic carbocycles. The minimum absolute atomic E-state index is 0.289. The average Bonchev–Trinajstić information content (AvgIpc) is 2.83. The SMILES string of the molecule is COC1CC(NC(C)c2nnc3n2CCC3)C1. The van der Waals surface area contributed by atoms with Gasteiger partial charge in [0.05, 0.1) is 12.1 Å². The number of fused-ring (bicyclic) bond motifs is 1. The van der Waals surface area contributed by atoms with E-state index in [-0.39, 0.29) is 6.04 Å². The molecule has 1 unspecified atom stereocenters. The molecule has 5 heteroatoms. The zero-order valence-corrected chi connectivity index (χ0v) is 10.5. The van der Waals surface area contributed by atoms with Gasteiger partial charge in [-0.3, -0.25) is 0 Å². The smallest absolute Gasteiger partial charge is 0.149 e. The standard InChI is InChI=1S/C12H20N4O/c1-8(13-9-6-10(7-9)17-2)12-15-14-11-4-3-5-16(11)12/h8-10,13H,3-7H2,1-2H3. The lowest BCUT2D eigenvalue weighted by Gasteiger charge is -2.36. The van der Waals surface area contributed by atoms with Gasteiger partial charge in [-0.2, -0.15) is 0 Å². The number of nitrogens with zero attached hydrogens (tertiary/aromatic N) is 3. The zero-order chi connectivity index (χ0) is 11.8. The van der Waals surface area contributed by atoms with Crippen molar-refractivity contribution in [2.24, 2.45) is 0 Å². The van der Waals surface area contributed by atoms with Crippen LogP contribution >= 0.6 is 0 Å². The number of nitrogens with one attached hydrogen (secondary N) is 1. The van der Waals surface area contributed by atoms with Crippen molar-refractivity contribution in [2.75, 3.05) is 7.11 Å². The van der Waals surface area contributed by atoms with E-state index in [1.165, 1.54) is 6.42 Å². The zero-order valence-electron chi connectivity index (χ0n) is 10.5. The summed E-state index contributed by atoms with van der Waals surface area (Å²) in [6.07, 6.45) is 4.96. The van der Waals surface area contributed by atoms with Crippen LogP contribution in [0.5, 0.6) is 0 Å². The van der Waals surface area contributed by atoms with Crippen molar-refractivity contribution in [1.29, 1.82) is 0 Å². The molecule has 0 radical (unpaired) electrons. The molecule has 5 nitrogen and oxygen atoms in total. The molecule has 2 aliphatic rings. The normalized spacial score (nSPS) is 28.8. The van der Waals surface area contributed by atoms with E-state index in [1.54, 1.807) is 7.11 Å². The molecule has 1 fully saturated rings.